The molecule has 0 aliphatic carbocycles. The van der Waals surface area contributed by atoms with Gasteiger partial charge in [0.1, 0.15) is 0 Å². The number of hydrogen-bond donors (Lipinski definition) is 1. The van der Waals surface area contributed by atoms with Crippen LogP contribution in [0.1, 0.15) is 19.3 Å². The summed E-state index contributed by atoms with van der Waals surface area (Å²) < 4.78 is 12.3. The fourth-order valence-corrected chi connectivity index (χ4v) is 5.51. The Morgan fingerprint density at radius 1 is 1.28 bits per heavy atom. The van der Waals surface area contributed by atoms with Crippen LogP contribution in [0, 0.1) is 0 Å². The Bertz CT molecular complexity index is 215. The van der Waals surface area contributed by atoms with Crippen LogP contribution in [0.4, 0.5) is 0 Å². The number of thioether (sulfide) groups is 2. The Labute approximate surface area is 132 Å². The number of aliphatic hydroxyl groups excluding tert-OH is 1. The van der Waals surface area contributed by atoms with Gasteiger partial charge in [0.15, 0.2) is 0 Å². The van der Waals surface area contributed by atoms with Crippen molar-refractivity contribution >= 4 is 46.1 Å². The maximum absolute atomic E-state index is 9.87. The van der Waals surface area contributed by atoms with Crippen molar-refractivity contribution in [3.8, 4) is 0 Å². The van der Waals surface area contributed by atoms with Gasteiger partial charge in [-0.05, 0) is 24.3 Å². The van der Waals surface area contributed by atoms with Crippen LogP contribution in [0.3, 0.4) is 0 Å². The van der Waals surface area contributed by atoms with Crippen molar-refractivity contribution in [3.63, 3.8) is 0 Å². The monoisotopic (exact) mass is 406 g/mol. The molecule has 0 saturated carbocycles. The highest BCUT2D eigenvalue weighted by molar-refractivity contribution is 14.1. The van der Waals surface area contributed by atoms with Gasteiger partial charge in [0.25, 0.3) is 0 Å². The van der Waals surface area contributed by atoms with E-state index in [-0.39, 0.29) is 12.2 Å². The van der Waals surface area contributed by atoms with Crippen LogP contribution in [0.15, 0.2) is 0 Å². The van der Waals surface area contributed by atoms with Gasteiger partial charge >= 0.3 is 0 Å². The molecule has 0 bridgehead atoms. The van der Waals surface area contributed by atoms with Gasteiger partial charge in [-0.1, -0.05) is 22.6 Å². The molecule has 0 aromatic heterocycles. The summed E-state index contributed by atoms with van der Waals surface area (Å²) in [6.45, 7) is 0. The fourth-order valence-electron chi connectivity index (χ4n) is 1.94. The molecule has 0 amide bonds. The van der Waals surface area contributed by atoms with Crippen molar-refractivity contribution in [1.82, 2.24) is 0 Å². The molecule has 0 aromatic rings. The minimum Gasteiger partial charge on any atom is -0.390 e. The summed E-state index contributed by atoms with van der Waals surface area (Å²) in [5.74, 6) is 2.52. The van der Waals surface area contributed by atoms with E-state index < -0.39 is 6.10 Å². The second-order valence-corrected chi connectivity index (χ2v) is 8.15. The first-order valence-corrected chi connectivity index (χ1v) is 9.86. The number of ether oxygens (including phenoxy) is 2. The van der Waals surface area contributed by atoms with Gasteiger partial charge < -0.3 is 14.6 Å². The average molecular weight is 406 g/mol. The van der Waals surface area contributed by atoms with Gasteiger partial charge in [0.05, 0.1) is 22.9 Å². The zero-order valence-corrected chi connectivity index (χ0v) is 14.8. The molecular weight excluding hydrogens is 383 g/mol. The van der Waals surface area contributed by atoms with E-state index in [1.165, 1.54) is 17.9 Å². The van der Waals surface area contributed by atoms with Gasteiger partial charge in [0.2, 0.25) is 0 Å². The van der Waals surface area contributed by atoms with E-state index in [9.17, 15) is 5.11 Å². The number of halogens is 1. The van der Waals surface area contributed by atoms with Crippen molar-refractivity contribution in [2.45, 2.75) is 42.2 Å². The Morgan fingerprint density at radius 2 is 1.94 bits per heavy atom. The summed E-state index contributed by atoms with van der Waals surface area (Å²) in [5.41, 5.74) is 0. The SMILES string of the molecule is CO[C@H](CC1SCCCS1)C[C@H](OC)[C@@H](O)CI. The molecule has 1 aliphatic heterocycles. The quantitative estimate of drug-likeness (QED) is 0.496. The molecule has 0 unspecified atom stereocenters. The second kappa shape index (κ2) is 10.1. The van der Waals surface area contributed by atoms with Crippen LogP contribution in [-0.2, 0) is 9.47 Å². The molecule has 0 aromatic carbocycles. The second-order valence-electron chi connectivity index (χ2n) is 4.35. The molecule has 18 heavy (non-hydrogen) atoms. The van der Waals surface area contributed by atoms with Gasteiger partial charge in [-0.25, -0.2) is 0 Å². The molecular formula is C12H23IO3S2. The first kappa shape index (κ1) is 17.4. The summed E-state index contributed by atoms with van der Waals surface area (Å²) in [4.78, 5) is 0. The van der Waals surface area contributed by atoms with Gasteiger partial charge in [-0.3, -0.25) is 0 Å². The molecule has 0 spiro atoms. The molecule has 3 nitrogen and oxygen atoms in total. The van der Waals surface area contributed by atoms with E-state index in [0.29, 0.717) is 9.01 Å². The highest BCUT2D eigenvalue weighted by Gasteiger charge is 2.25. The van der Waals surface area contributed by atoms with Crippen molar-refractivity contribution in [2.24, 2.45) is 0 Å². The summed E-state index contributed by atoms with van der Waals surface area (Å²) in [7, 11) is 3.42. The highest BCUT2D eigenvalue weighted by atomic mass is 127. The van der Waals surface area contributed by atoms with Crippen molar-refractivity contribution < 1.29 is 14.6 Å². The van der Waals surface area contributed by atoms with Crippen LogP contribution in [-0.4, -0.2) is 58.2 Å². The third-order valence-corrected chi connectivity index (χ3v) is 6.97. The van der Waals surface area contributed by atoms with Crippen LogP contribution in [0.5, 0.6) is 0 Å². The molecule has 1 aliphatic rings. The smallest absolute Gasteiger partial charge is 0.0891 e. The Kier molecular flexibility index (Phi) is 9.74. The van der Waals surface area contributed by atoms with Crippen LogP contribution in [0.25, 0.3) is 0 Å². The Hall–Kier alpha value is 1.31. The van der Waals surface area contributed by atoms with E-state index >= 15 is 0 Å². The number of alkyl halides is 1. The molecule has 0 radical (unpaired) electrons. The standard InChI is InChI=1S/C12H23IO3S2/c1-15-9(6-11(16-2)10(14)8-13)7-12-17-4-3-5-18-12/h9-12,14H,3-8H2,1-2H3/t9-,10-,11-/m0/s1. The minimum absolute atomic E-state index is 0.120. The number of hydrogen-bond acceptors (Lipinski definition) is 5. The maximum atomic E-state index is 9.87. The molecule has 1 rings (SSSR count). The predicted molar refractivity (Wildman–Crippen MR) is 89.0 cm³/mol. The topological polar surface area (TPSA) is 38.7 Å². The van der Waals surface area contributed by atoms with E-state index in [4.69, 9.17) is 9.47 Å². The lowest BCUT2D eigenvalue weighted by atomic mass is 10.1. The molecule has 1 heterocycles. The lowest BCUT2D eigenvalue weighted by Crippen LogP contribution is -2.34. The molecule has 3 atom stereocenters. The minimum atomic E-state index is -0.403. The summed E-state index contributed by atoms with van der Waals surface area (Å²) in [6, 6.07) is 0. The lowest BCUT2D eigenvalue weighted by molar-refractivity contribution is -0.0365. The number of methoxy groups -OCH3 is 2. The molecule has 108 valence electrons. The van der Waals surface area contributed by atoms with Crippen molar-refractivity contribution in [1.29, 1.82) is 0 Å². The lowest BCUT2D eigenvalue weighted by Gasteiger charge is -2.28. The zero-order valence-electron chi connectivity index (χ0n) is 11.0. The predicted octanol–water partition coefficient (Wildman–Crippen LogP) is 2.79. The summed E-state index contributed by atoms with van der Waals surface area (Å²) >= 11 is 6.25. The van der Waals surface area contributed by atoms with Gasteiger partial charge in [-0.2, -0.15) is 0 Å². The van der Waals surface area contributed by atoms with Gasteiger partial charge in [-0.15, -0.1) is 23.5 Å². The largest absolute Gasteiger partial charge is 0.390 e. The van der Waals surface area contributed by atoms with Crippen LogP contribution in [0.2, 0.25) is 0 Å². The molecule has 6 heteroatoms. The van der Waals surface area contributed by atoms with Crippen LogP contribution >= 0.6 is 46.1 Å². The van der Waals surface area contributed by atoms with Crippen molar-refractivity contribution in [2.75, 3.05) is 30.2 Å². The summed E-state index contributed by atoms with van der Waals surface area (Å²) in [5, 5.41) is 9.87. The molecule has 1 fully saturated rings. The third kappa shape index (κ3) is 6.17. The van der Waals surface area contributed by atoms with Crippen LogP contribution < -0.4 is 0 Å². The van der Waals surface area contributed by atoms with E-state index in [1.54, 1.807) is 14.2 Å². The Morgan fingerprint density at radius 3 is 2.44 bits per heavy atom. The fraction of sp³-hybridized carbons (Fsp3) is 1.00. The average Bonchev–Trinajstić information content (AvgIpc) is 2.43. The normalized spacial score (nSPS) is 22.7. The maximum Gasteiger partial charge on any atom is 0.0891 e. The molecule has 1 N–H and O–H groups in total. The highest BCUT2D eigenvalue weighted by Crippen LogP contribution is 2.35. The summed E-state index contributed by atoms with van der Waals surface area (Å²) in [6.07, 6.45) is 2.78. The van der Waals surface area contributed by atoms with Gasteiger partial charge in [0, 0.05) is 25.1 Å². The van der Waals surface area contributed by atoms with Crippen molar-refractivity contribution in [3.05, 3.63) is 0 Å². The number of rotatable bonds is 8. The first-order valence-electron chi connectivity index (χ1n) is 6.24. The van der Waals surface area contributed by atoms with E-state index in [2.05, 4.69) is 22.6 Å². The first-order chi connectivity index (χ1) is 8.71. The molecule has 1 saturated heterocycles. The van der Waals surface area contributed by atoms with E-state index in [0.717, 1.165) is 12.8 Å². The zero-order chi connectivity index (χ0) is 13.4. The van der Waals surface area contributed by atoms with E-state index in [1.807, 2.05) is 23.5 Å². The third-order valence-electron chi connectivity index (χ3n) is 3.07. The number of aliphatic hydroxyl groups is 1. The Balaban J connectivity index is 2.39.